The van der Waals surface area contributed by atoms with E-state index in [1.54, 1.807) is 24.3 Å². The average Bonchev–Trinajstić information content (AvgIpc) is 2.47. The molecule has 0 saturated heterocycles. The molecule has 0 bridgehead atoms. The Balaban J connectivity index is 2.19. The summed E-state index contributed by atoms with van der Waals surface area (Å²) in [6.45, 7) is 1.93. The second kappa shape index (κ2) is 6.03. The van der Waals surface area contributed by atoms with Crippen molar-refractivity contribution in [3.8, 4) is 5.88 Å². The van der Waals surface area contributed by atoms with Gasteiger partial charge in [0.2, 0.25) is 5.88 Å². The molecule has 1 aromatic heterocycles. The van der Waals surface area contributed by atoms with E-state index < -0.39 is 0 Å². The topological polar surface area (TPSA) is 89.3 Å². The Bertz CT molecular complexity index is 611. The molecule has 0 unspecified atom stereocenters. The van der Waals surface area contributed by atoms with Gasteiger partial charge in [-0.25, -0.2) is 4.98 Å². The standard InChI is InChI=1S/C14H16N4O2/c1-9-3-5-11(12(7-9)18-15)14(19)17-10-4-6-13(20-2)16-8-10/h3-8,18H,15H2,1-2H3,(H,17,19). The zero-order valence-electron chi connectivity index (χ0n) is 11.3. The molecule has 6 heteroatoms. The first-order chi connectivity index (χ1) is 9.63. The minimum atomic E-state index is -0.259. The highest BCUT2D eigenvalue weighted by Crippen LogP contribution is 2.19. The maximum atomic E-state index is 12.2. The van der Waals surface area contributed by atoms with Crippen molar-refractivity contribution in [2.24, 2.45) is 5.84 Å². The van der Waals surface area contributed by atoms with E-state index in [0.29, 0.717) is 22.8 Å². The molecule has 0 aliphatic heterocycles. The number of hydrazine groups is 1. The predicted molar refractivity (Wildman–Crippen MR) is 77.7 cm³/mol. The molecule has 6 nitrogen and oxygen atoms in total. The highest BCUT2D eigenvalue weighted by Gasteiger charge is 2.11. The van der Waals surface area contributed by atoms with Crippen molar-refractivity contribution in [1.82, 2.24) is 4.98 Å². The van der Waals surface area contributed by atoms with Crippen LogP contribution < -0.4 is 21.3 Å². The zero-order chi connectivity index (χ0) is 14.5. The number of pyridine rings is 1. The molecule has 1 heterocycles. The highest BCUT2D eigenvalue weighted by atomic mass is 16.5. The SMILES string of the molecule is COc1ccc(NC(=O)c2ccc(C)cc2NN)cn1. The fraction of sp³-hybridized carbons (Fsp3) is 0.143. The summed E-state index contributed by atoms with van der Waals surface area (Å²) in [4.78, 5) is 16.2. The monoisotopic (exact) mass is 272 g/mol. The molecule has 0 saturated carbocycles. The summed E-state index contributed by atoms with van der Waals surface area (Å²) in [6.07, 6.45) is 1.53. The minimum Gasteiger partial charge on any atom is -0.481 e. The summed E-state index contributed by atoms with van der Waals surface area (Å²) in [5.41, 5.74) is 5.16. The lowest BCUT2D eigenvalue weighted by Crippen LogP contribution is -2.17. The Morgan fingerprint density at radius 2 is 2.10 bits per heavy atom. The number of aryl methyl sites for hydroxylation is 1. The van der Waals surface area contributed by atoms with Crippen molar-refractivity contribution in [2.45, 2.75) is 6.92 Å². The fourth-order valence-corrected chi connectivity index (χ4v) is 1.75. The first-order valence-corrected chi connectivity index (χ1v) is 6.02. The van der Waals surface area contributed by atoms with Crippen molar-refractivity contribution < 1.29 is 9.53 Å². The van der Waals surface area contributed by atoms with Crippen LogP contribution in [0.15, 0.2) is 36.5 Å². The number of ether oxygens (including phenoxy) is 1. The second-order valence-corrected chi connectivity index (χ2v) is 4.24. The molecule has 0 radical (unpaired) electrons. The highest BCUT2D eigenvalue weighted by molar-refractivity contribution is 6.08. The van der Waals surface area contributed by atoms with Gasteiger partial charge in [0.1, 0.15) is 0 Å². The van der Waals surface area contributed by atoms with Crippen molar-refractivity contribution >= 4 is 17.3 Å². The van der Waals surface area contributed by atoms with Gasteiger partial charge in [0, 0.05) is 6.07 Å². The smallest absolute Gasteiger partial charge is 0.257 e. The van der Waals surface area contributed by atoms with Gasteiger partial charge in [0.15, 0.2) is 0 Å². The Morgan fingerprint density at radius 3 is 2.70 bits per heavy atom. The van der Waals surface area contributed by atoms with Crippen LogP contribution in [0.3, 0.4) is 0 Å². The number of nitrogens with one attached hydrogen (secondary N) is 2. The van der Waals surface area contributed by atoms with Crippen molar-refractivity contribution in [3.05, 3.63) is 47.7 Å². The van der Waals surface area contributed by atoms with Crippen molar-refractivity contribution in [2.75, 3.05) is 17.9 Å². The predicted octanol–water partition coefficient (Wildman–Crippen LogP) is 1.94. The van der Waals surface area contributed by atoms with E-state index in [0.717, 1.165) is 5.56 Å². The molecule has 0 spiro atoms. The van der Waals surface area contributed by atoms with Gasteiger partial charge in [0.25, 0.3) is 5.91 Å². The maximum Gasteiger partial charge on any atom is 0.257 e. The van der Waals surface area contributed by atoms with E-state index in [1.165, 1.54) is 13.3 Å². The van der Waals surface area contributed by atoms with E-state index in [4.69, 9.17) is 10.6 Å². The fourth-order valence-electron chi connectivity index (χ4n) is 1.75. The van der Waals surface area contributed by atoms with Gasteiger partial charge < -0.3 is 15.5 Å². The van der Waals surface area contributed by atoms with E-state index in [1.807, 2.05) is 13.0 Å². The average molecular weight is 272 g/mol. The largest absolute Gasteiger partial charge is 0.481 e. The van der Waals surface area contributed by atoms with Crippen molar-refractivity contribution in [1.29, 1.82) is 0 Å². The molecule has 0 fully saturated rings. The first kappa shape index (κ1) is 13.8. The molecule has 104 valence electrons. The number of benzene rings is 1. The zero-order valence-corrected chi connectivity index (χ0v) is 11.3. The molecule has 1 aromatic carbocycles. The van der Waals surface area contributed by atoms with Crippen LogP contribution in [0.2, 0.25) is 0 Å². The Morgan fingerprint density at radius 1 is 1.30 bits per heavy atom. The van der Waals surface area contributed by atoms with Gasteiger partial charge in [-0.05, 0) is 30.7 Å². The lowest BCUT2D eigenvalue weighted by molar-refractivity contribution is 0.102. The van der Waals surface area contributed by atoms with Crippen LogP contribution in [0, 0.1) is 6.92 Å². The number of rotatable bonds is 4. The molecule has 20 heavy (non-hydrogen) atoms. The summed E-state index contributed by atoms with van der Waals surface area (Å²) < 4.78 is 4.96. The van der Waals surface area contributed by atoms with E-state index in [-0.39, 0.29) is 5.91 Å². The number of amides is 1. The molecule has 4 N–H and O–H groups in total. The quantitative estimate of drug-likeness (QED) is 0.584. The Hall–Kier alpha value is -2.60. The number of carbonyl (C=O) groups is 1. The number of aromatic nitrogens is 1. The third kappa shape index (κ3) is 3.04. The number of anilines is 2. The van der Waals surface area contributed by atoms with Crippen molar-refractivity contribution in [3.63, 3.8) is 0 Å². The van der Waals surface area contributed by atoms with Crippen LogP contribution in [0.25, 0.3) is 0 Å². The molecular weight excluding hydrogens is 256 g/mol. The Kier molecular flexibility index (Phi) is 4.17. The lowest BCUT2D eigenvalue weighted by Gasteiger charge is -2.10. The van der Waals surface area contributed by atoms with Gasteiger partial charge in [0.05, 0.1) is 30.2 Å². The summed E-state index contributed by atoms with van der Waals surface area (Å²) in [5.74, 6) is 5.66. The number of hydrogen-bond donors (Lipinski definition) is 3. The first-order valence-electron chi connectivity index (χ1n) is 6.02. The molecule has 0 aliphatic carbocycles. The number of nitrogens with zero attached hydrogens (tertiary/aromatic N) is 1. The van der Waals surface area contributed by atoms with Crippen LogP contribution in [-0.4, -0.2) is 18.0 Å². The van der Waals surface area contributed by atoms with Crippen LogP contribution in [0.1, 0.15) is 15.9 Å². The number of methoxy groups -OCH3 is 1. The molecule has 0 aliphatic rings. The number of carbonyl (C=O) groups excluding carboxylic acids is 1. The van der Waals surface area contributed by atoms with Gasteiger partial charge in [-0.2, -0.15) is 0 Å². The molecule has 2 aromatic rings. The van der Waals surface area contributed by atoms with E-state index in [9.17, 15) is 4.79 Å². The Labute approximate surface area is 116 Å². The summed E-state index contributed by atoms with van der Waals surface area (Å²) in [7, 11) is 1.53. The van der Waals surface area contributed by atoms with Gasteiger partial charge in [-0.1, -0.05) is 6.07 Å². The number of hydrogen-bond acceptors (Lipinski definition) is 5. The number of nitrogens with two attached hydrogens (primary N) is 1. The van der Waals surface area contributed by atoms with Crippen LogP contribution in [0.4, 0.5) is 11.4 Å². The van der Waals surface area contributed by atoms with Gasteiger partial charge >= 0.3 is 0 Å². The van der Waals surface area contributed by atoms with Gasteiger partial charge in [-0.3, -0.25) is 10.6 Å². The normalized spacial score (nSPS) is 9.95. The lowest BCUT2D eigenvalue weighted by atomic mass is 10.1. The summed E-state index contributed by atoms with van der Waals surface area (Å²) in [5, 5.41) is 2.75. The molecule has 0 atom stereocenters. The van der Waals surface area contributed by atoms with Gasteiger partial charge in [-0.15, -0.1) is 0 Å². The van der Waals surface area contributed by atoms with E-state index in [2.05, 4.69) is 15.7 Å². The number of nitrogen functional groups attached to an aromatic ring is 1. The summed E-state index contributed by atoms with van der Waals surface area (Å²) in [6, 6.07) is 8.76. The second-order valence-electron chi connectivity index (χ2n) is 4.24. The molecular formula is C14H16N4O2. The summed E-state index contributed by atoms with van der Waals surface area (Å²) >= 11 is 0. The van der Waals surface area contributed by atoms with E-state index >= 15 is 0 Å². The van der Waals surface area contributed by atoms with Crippen LogP contribution >= 0.6 is 0 Å². The third-order valence-corrected chi connectivity index (χ3v) is 2.78. The third-order valence-electron chi connectivity index (χ3n) is 2.78. The minimum absolute atomic E-state index is 0.259. The maximum absolute atomic E-state index is 12.2. The van der Waals surface area contributed by atoms with Crippen LogP contribution in [0.5, 0.6) is 5.88 Å². The molecule has 2 rings (SSSR count). The molecule has 1 amide bonds. The van der Waals surface area contributed by atoms with Crippen LogP contribution in [-0.2, 0) is 0 Å².